The van der Waals surface area contributed by atoms with Gasteiger partial charge in [-0.15, -0.1) is 0 Å². The van der Waals surface area contributed by atoms with E-state index in [0.717, 1.165) is 13.1 Å². The fourth-order valence-corrected chi connectivity index (χ4v) is 125. The number of rotatable bonds is 18. The number of benzene rings is 10. The Morgan fingerprint density at radius 3 is 0.493 bits per heavy atom. The third-order valence-corrected chi connectivity index (χ3v) is 86.6. The molecule has 0 bridgehead atoms. The summed E-state index contributed by atoms with van der Waals surface area (Å²) < 4.78 is 0. The van der Waals surface area contributed by atoms with Crippen molar-refractivity contribution in [3.63, 3.8) is 0 Å². The highest BCUT2D eigenvalue weighted by Gasteiger charge is 2.83. The molecule has 0 heterocycles. The molecule has 0 aliphatic heterocycles. The largest absolute Gasteiger partial charge is 0.332 e. The maximum absolute atomic E-state index is 4.80. The molecule has 7 heteroatoms. The molecule has 10 aromatic rings. The molecule has 0 amide bonds. The van der Waals surface area contributed by atoms with E-state index in [1.807, 2.05) is 0 Å². The molecule has 0 aliphatic carbocycles. The Morgan fingerprint density at radius 2 is 0.338 bits per heavy atom. The van der Waals surface area contributed by atoms with Gasteiger partial charge in [0.05, 0.1) is 0 Å². The van der Waals surface area contributed by atoms with Crippen molar-refractivity contribution in [1.29, 1.82) is 0 Å². The van der Waals surface area contributed by atoms with Crippen LogP contribution in [0.4, 0.5) is 0 Å². The Labute approximate surface area is 426 Å². The van der Waals surface area contributed by atoms with Gasteiger partial charge < -0.3 is 9.96 Å². The maximum atomic E-state index is 4.80. The summed E-state index contributed by atoms with van der Waals surface area (Å²) in [5, 5.41) is 14.5. The third kappa shape index (κ3) is 7.54. The number of hydrogen-bond donors (Lipinski definition) is 2. The second-order valence-corrected chi connectivity index (χ2v) is 55.0. The smallest absolute Gasteiger partial charge is 0.186 e. The lowest BCUT2D eigenvalue weighted by atomic mass is 10.4. The van der Waals surface area contributed by atoms with Crippen LogP contribution in [0.3, 0.4) is 0 Å². The lowest BCUT2D eigenvalue weighted by Gasteiger charge is -2.67. The molecule has 0 saturated heterocycles. The van der Waals surface area contributed by atoms with Gasteiger partial charge in [-0.2, -0.15) is 0 Å². The molecule has 10 aromatic carbocycles. The first-order chi connectivity index (χ1) is 35.2. The van der Waals surface area contributed by atoms with Crippen molar-refractivity contribution in [2.45, 2.75) is 13.8 Å². The molecule has 0 spiro atoms. The van der Waals surface area contributed by atoms with E-state index in [4.69, 9.17) is 9.96 Å². The first-order valence-corrected chi connectivity index (χ1v) is 39.2. The molecule has 2 N–H and O–H groups in total. The number of nitrogens with one attached hydrogen (secondary N) is 2. The second-order valence-electron chi connectivity index (χ2n) is 18.5. The standard InChI is InChI=1S/C64H62N2Si5/c1-3-65-67(55-35-15-5-16-36-55,56-37-17-6-18-38-56)69(59-43-23-9-24-44-59,60-45-25-10-26-46-60)71(63-51-31-13-32-52-63,64-53-33-14-34-54-64)70(61-47-27-11-28-48-61,62-49-29-12-30-50-62)68(66-4-2,57-39-19-7-20-40-57)58-41-21-8-22-42-58/h5-54,65-66H,3-4H2,1-2H3. The van der Waals surface area contributed by atoms with Crippen LogP contribution in [0.1, 0.15) is 13.8 Å². The van der Waals surface area contributed by atoms with Gasteiger partial charge in [-0.3, -0.25) is 0 Å². The molecule has 2 nitrogen and oxygen atoms in total. The molecular weight excluding hydrogens is 937 g/mol. The molecule has 10 rings (SSSR count). The third-order valence-electron chi connectivity index (χ3n) is 15.2. The van der Waals surface area contributed by atoms with Crippen molar-refractivity contribution in [1.82, 2.24) is 9.96 Å². The van der Waals surface area contributed by atoms with Crippen LogP contribution in [0.25, 0.3) is 0 Å². The minimum absolute atomic E-state index is 0.789. The van der Waals surface area contributed by atoms with Gasteiger partial charge in [-0.1, -0.05) is 348 Å². The van der Waals surface area contributed by atoms with Gasteiger partial charge in [-0.05, 0) is 33.8 Å². The lowest BCUT2D eigenvalue weighted by molar-refractivity contribution is 0.991. The van der Waals surface area contributed by atoms with Gasteiger partial charge in [0.2, 0.25) is 0 Å². The van der Waals surface area contributed by atoms with Crippen molar-refractivity contribution in [3.05, 3.63) is 303 Å². The summed E-state index contributed by atoms with van der Waals surface area (Å²) in [6, 6.07) is 120. The second kappa shape index (κ2) is 21.3. The van der Waals surface area contributed by atoms with Crippen molar-refractivity contribution in [2.24, 2.45) is 0 Å². The minimum Gasteiger partial charge on any atom is -0.332 e. The molecule has 0 atom stereocenters. The van der Waals surface area contributed by atoms with Crippen molar-refractivity contribution in [3.8, 4) is 0 Å². The highest BCUT2D eigenvalue weighted by molar-refractivity contribution is 8.07. The highest BCUT2D eigenvalue weighted by atomic mass is 29.9. The molecule has 348 valence electrons. The molecule has 71 heavy (non-hydrogen) atoms. The molecule has 0 fully saturated rings. The average molecular weight is 1000 g/mol. The summed E-state index contributed by atoms with van der Waals surface area (Å²) in [5.74, 6) is 0. The van der Waals surface area contributed by atoms with Crippen LogP contribution in [-0.4, -0.2) is 49.9 Å². The van der Waals surface area contributed by atoms with E-state index in [2.05, 4.69) is 317 Å². The van der Waals surface area contributed by atoms with Gasteiger partial charge in [0.15, 0.2) is 15.5 Å². The molecule has 0 unspecified atom stereocenters. The SMILES string of the molecule is CCN[Si](c1ccccc1)(c1ccccc1)[Si](c1ccccc1)(c1ccccc1)[Si](c1ccccc1)(c1ccccc1)[Si](c1ccccc1)(c1ccccc1)[Si](NCC)(c1ccccc1)c1ccccc1. The summed E-state index contributed by atoms with van der Waals surface area (Å²) in [4.78, 5) is 9.60. The van der Waals surface area contributed by atoms with E-state index in [1.165, 1.54) is 51.9 Å². The topological polar surface area (TPSA) is 24.1 Å². The summed E-state index contributed by atoms with van der Waals surface area (Å²) in [7, 11) is -18.4. The molecule has 0 aromatic heterocycles. The average Bonchev–Trinajstić information content (AvgIpc) is 3.47. The van der Waals surface area contributed by atoms with Crippen LogP contribution < -0.4 is 61.8 Å². The fraction of sp³-hybridized carbons (Fsp3) is 0.0625. The van der Waals surface area contributed by atoms with Crippen LogP contribution in [0.2, 0.25) is 0 Å². The van der Waals surface area contributed by atoms with Crippen LogP contribution in [0, 0.1) is 0 Å². The Bertz CT molecular complexity index is 2810. The van der Waals surface area contributed by atoms with Crippen molar-refractivity contribution in [2.75, 3.05) is 13.1 Å². The van der Waals surface area contributed by atoms with E-state index in [-0.39, 0.29) is 0 Å². The Morgan fingerprint density at radius 1 is 0.197 bits per heavy atom. The normalized spacial score (nSPS) is 12.3. The zero-order valence-electron chi connectivity index (χ0n) is 40.8. The quantitative estimate of drug-likeness (QED) is 0.0923. The highest BCUT2D eigenvalue weighted by Crippen LogP contribution is 2.39. The Balaban J connectivity index is 1.70. The predicted molar refractivity (Wildman–Crippen MR) is 317 cm³/mol. The molecule has 0 radical (unpaired) electrons. The van der Waals surface area contributed by atoms with E-state index >= 15 is 0 Å². The summed E-state index contributed by atoms with van der Waals surface area (Å²) >= 11 is 0. The van der Waals surface area contributed by atoms with E-state index in [0.29, 0.717) is 0 Å². The van der Waals surface area contributed by atoms with Crippen LogP contribution in [-0.2, 0) is 0 Å². The van der Waals surface area contributed by atoms with Gasteiger partial charge in [-0.25, -0.2) is 0 Å². The molecule has 0 saturated carbocycles. The summed E-state index contributed by atoms with van der Waals surface area (Å²) in [6.45, 7) is 6.30. The molecular formula is C64H62N2Si5. The maximum Gasteiger partial charge on any atom is 0.186 e. The fourth-order valence-electron chi connectivity index (χ4n) is 13.2. The zero-order valence-corrected chi connectivity index (χ0v) is 45.8. The van der Waals surface area contributed by atoms with E-state index in [1.54, 1.807) is 0 Å². The summed E-state index contributed by atoms with van der Waals surface area (Å²) in [5.41, 5.74) is 0. The van der Waals surface area contributed by atoms with Crippen molar-refractivity contribution < 1.29 is 0 Å². The Hall–Kier alpha value is -6.80. The monoisotopic (exact) mass is 998 g/mol. The lowest BCUT2D eigenvalue weighted by Crippen LogP contribution is -3.14. The Kier molecular flexibility index (Phi) is 14.3. The van der Waals surface area contributed by atoms with Crippen LogP contribution >= 0.6 is 0 Å². The first-order valence-electron chi connectivity index (χ1n) is 25.2. The van der Waals surface area contributed by atoms with Crippen LogP contribution in [0.5, 0.6) is 0 Å². The molecule has 0 aliphatic rings. The minimum atomic E-state index is -3.87. The predicted octanol–water partition coefficient (Wildman–Crippen LogP) is 6.83. The van der Waals surface area contributed by atoms with Gasteiger partial charge in [0, 0.05) is 0 Å². The van der Waals surface area contributed by atoms with Crippen molar-refractivity contribution >= 4 is 88.7 Å². The first kappa shape index (κ1) is 47.9. The number of hydrogen-bond acceptors (Lipinski definition) is 2. The summed E-state index contributed by atoms with van der Waals surface area (Å²) in [6.07, 6.45) is 0. The van der Waals surface area contributed by atoms with E-state index in [9.17, 15) is 0 Å². The van der Waals surface area contributed by atoms with Gasteiger partial charge in [0.25, 0.3) is 0 Å². The van der Waals surface area contributed by atoms with Gasteiger partial charge in [0.1, 0.15) is 21.3 Å². The van der Waals surface area contributed by atoms with Crippen LogP contribution in [0.15, 0.2) is 303 Å². The zero-order chi connectivity index (χ0) is 48.5. The van der Waals surface area contributed by atoms with E-state index < -0.39 is 36.8 Å². The van der Waals surface area contributed by atoms with Gasteiger partial charge >= 0.3 is 0 Å².